The smallest absolute Gasteiger partial charge is 0.377 e. The fourth-order valence-electron chi connectivity index (χ4n) is 2.31. The van der Waals surface area contributed by atoms with Gasteiger partial charge in [0.1, 0.15) is 0 Å². The number of rotatable bonds is 5. The Balaban J connectivity index is 2.46. The highest BCUT2D eigenvalue weighted by molar-refractivity contribution is 6.45. The van der Waals surface area contributed by atoms with Gasteiger partial charge in [-0.15, -0.1) is 0 Å². The molecule has 0 aliphatic heterocycles. The molecule has 0 heterocycles. The summed E-state index contributed by atoms with van der Waals surface area (Å²) >= 11 is 5.96. The third-order valence-corrected chi connectivity index (χ3v) is 3.61. The van der Waals surface area contributed by atoms with Gasteiger partial charge in [-0.05, 0) is 37.8 Å². The minimum absolute atomic E-state index is 0.0392. The van der Waals surface area contributed by atoms with E-state index in [0.29, 0.717) is 5.75 Å². The SMILES string of the molecule is COc1ccc(Cl)c(C(=O)C(=O)O)c1OC1CCCC1. The number of halogens is 1. The van der Waals surface area contributed by atoms with Crippen molar-refractivity contribution in [3.63, 3.8) is 0 Å². The molecule has 108 valence electrons. The molecule has 0 aromatic heterocycles. The second-order valence-electron chi connectivity index (χ2n) is 4.61. The molecule has 5 nitrogen and oxygen atoms in total. The third-order valence-electron chi connectivity index (χ3n) is 3.30. The lowest BCUT2D eigenvalue weighted by atomic mass is 10.1. The second kappa shape index (κ2) is 6.13. The molecule has 20 heavy (non-hydrogen) atoms. The number of carbonyl (C=O) groups excluding carboxylic acids is 1. The van der Waals surface area contributed by atoms with E-state index in [9.17, 15) is 9.59 Å². The molecule has 0 amide bonds. The van der Waals surface area contributed by atoms with Gasteiger partial charge in [-0.1, -0.05) is 11.6 Å². The second-order valence-corrected chi connectivity index (χ2v) is 5.02. The van der Waals surface area contributed by atoms with Crippen molar-refractivity contribution in [3.8, 4) is 11.5 Å². The van der Waals surface area contributed by atoms with Crippen molar-refractivity contribution in [2.24, 2.45) is 0 Å². The molecule has 1 N–H and O–H groups in total. The number of methoxy groups -OCH3 is 1. The van der Waals surface area contributed by atoms with Crippen molar-refractivity contribution in [1.29, 1.82) is 0 Å². The number of carboxylic acid groups (broad SMARTS) is 1. The first kappa shape index (κ1) is 14.7. The highest BCUT2D eigenvalue weighted by atomic mass is 35.5. The molecule has 1 fully saturated rings. The molecule has 1 aromatic rings. The standard InChI is InChI=1S/C14H15ClO5/c1-19-10-7-6-9(15)11(12(16)14(17)18)13(10)20-8-4-2-3-5-8/h6-8H,2-5H2,1H3,(H,17,18). The first-order valence-electron chi connectivity index (χ1n) is 6.35. The van der Waals surface area contributed by atoms with E-state index in [1.807, 2.05) is 0 Å². The molecule has 0 radical (unpaired) electrons. The van der Waals surface area contributed by atoms with Crippen LogP contribution in [-0.4, -0.2) is 30.1 Å². The lowest BCUT2D eigenvalue weighted by Gasteiger charge is -2.18. The van der Waals surface area contributed by atoms with Gasteiger partial charge in [0, 0.05) is 0 Å². The summed E-state index contributed by atoms with van der Waals surface area (Å²) < 4.78 is 10.9. The zero-order chi connectivity index (χ0) is 14.7. The molecule has 1 saturated carbocycles. The monoisotopic (exact) mass is 298 g/mol. The lowest BCUT2D eigenvalue weighted by Crippen LogP contribution is -2.19. The first-order valence-corrected chi connectivity index (χ1v) is 6.73. The average Bonchev–Trinajstić information content (AvgIpc) is 2.91. The van der Waals surface area contributed by atoms with Crippen molar-refractivity contribution in [1.82, 2.24) is 0 Å². The van der Waals surface area contributed by atoms with Gasteiger partial charge in [0.15, 0.2) is 11.5 Å². The number of Topliss-reactive ketones (excluding diaryl/α,β-unsaturated/α-hetero) is 1. The Labute approximate surface area is 121 Å². The number of benzene rings is 1. The maximum Gasteiger partial charge on any atom is 0.377 e. The highest BCUT2D eigenvalue weighted by Gasteiger charge is 2.28. The highest BCUT2D eigenvalue weighted by Crippen LogP contribution is 2.38. The average molecular weight is 299 g/mol. The fourth-order valence-corrected chi connectivity index (χ4v) is 2.54. The van der Waals surface area contributed by atoms with E-state index in [2.05, 4.69) is 0 Å². The van der Waals surface area contributed by atoms with Crippen molar-refractivity contribution >= 4 is 23.4 Å². The quantitative estimate of drug-likeness (QED) is 0.668. The van der Waals surface area contributed by atoms with E-state index in [1.165, 1.54) is 13.2 Å². The van der Waals surface area contributed by atoms with Crippen LogP contribution in [0.4, 0.5) is 0 Å². The van der Waals surface area contributed by atoms with Crippen molar-refractivity contribution < 1.29 is 24.2 Å². The van der Waals surface area contributed by atoms with Crippen LogP contribution in [0.2, 0.25) is 5.02 Å². The first-order chi connectivity index (χ1) is 9.54. The van der Waals surface area contributed by atoms with Gasteiger partial charge in [0.2, 0.25) is 0 Å². The van der Waals surface area contributed by atoms with Crippen LogP contribution in [0.25, 0.3) is 0 Å². The number of carboxylic acids is 1. The summed E-state index contributed by atoms with van der Waals surface area (Å²) in [7, 11) is 1.43. The summed E-state index contributed by atoms with van der Waals surface area (Å²) in [6.07, 6.45) is 3.81. The van der Waals surface area contributed by atoms with E-state index >= 15 is 0 Å². The van der Waals surface area contributed by atoms with E-state index in [1.54, 1.807) is 6.07 Å². The van der Waals surface area contributed by atoms with E-state index in [4.69, 9.17) is 26.2 Å². The Bertz CT molecular complexity index is 535. The maximum atomic E-state index is 11.8. The molecule has 0 spiro atoms. The van der Waals surface area contributed by atoms with E-state index in [-0.39, 0.29) is 22.4 Å². The van der Waals surface area contributed by atoms with Crippen LogP contribution in [-0.2, 0) is 4.79 Å². The number of carbonyl (C=O) groups is 2. The Hall–Kier alpha value is -1.75. The molecule has 1 aromatic carbocycles. The summed E-state index contributed by atoms with van der Waals surface area (Å²) in [6, 6.07) is 2.99. The maximum absolute atomic E-state index is 11.8. The van der Waals surface area contributed by atoms with Crippen LogP contribution in [0.15, 0.2) is 12.1 Å². The van der Waals surface area contributed by atoms with Gasteiger partial charge in [-0.25, -0.2) is 4.79 Å². The van der Waals surface area contributed by atoms with Crippen molar-refractivity contribution in [3.05, 3.63) is 22.7 Å². The normalized spacial score (nSPS) is 15.1. The molecule has 2 rings (SSSR count). The summed E-state index contributed by atoms with van der Waals surface area (Å²) in [5.74, 6) is -2.23. The van der Waals surface area contributed by atoms with Gasteiger partial charge in [-0.2, -0.15) is 0 Å². The van der Waals surface area contributed by atoms with Gasteiger partial charge < -0.3 is 14.6 Å². The van der Waals surface area contributed by atoms with Crippen LogP contribution in [0.5, 0.6) is 11.5 Å². The molecule has 6 heteroatoms. The molecule has 0 unspecified atom stereocenters. The Kier molecular flexibility index (Phi) is 4.49. The molecular formula is C14H15ClO5. The topological polar surface area (TPSA) is 72.8 Å². The number of hydrogen-bond acceptors (Lipinski definition) is 4. The van der Waals surface area contributed by atoms with Crippen LogP contribution in [0.1, 0.15) is 36.0 Å². The van der Waals surface area contributed by atoms with Crippen LogP contribution >= 0.6 is 11.6 Å². The summed E-state index contributed by atoms with van der Waals surface area (Å²) in [5, 5.41) is 8.95. The number of hydrogen-bond donors (Lipinski definition) is 1. The fraction of sp³-hybridized carbons (Fsp3) is 0.429. The third kappa shape index (κ3) is 2.88. The minimum atomic E-state index is -1.57. The number of ketones is 1. The van der Waals surface area contributed by atoms with Gasteiger partial charge in [-0.3, -0.25) is 4.79 Å². The Morgan fingerprint density at radius 2 is 1.95 bits per heavy atom. The number of ether oxygens (including phenoxy) is 2. The van der Waals surface area contributed by atoms with Crippen molar-refractivity contribution in [2.75, 3.05) is 7.11 Å². The molecule has 1 aliphatic rings. The Morgan fingerprint density at radius 1 is 1.30 bits per heavy atom. The zero-order valence-electron chi connectivity index (χ0n) is 11.0. The molecule has 1 aliphatic carbocycles. The molecule has 0 bridgehead atoms. The lowest BCUT2D eigenvalue weighted by molar-refractivity contribution is -0.131. The largest absolute Gasteiger partial charge is 0.493 e. The minimum Gasteiger partial charge on any atom is -0.493 e. The van der Waals surface area contributed by atoms with Crippen LogP contribution in [0.3, 0.4) is 0 Å². The van der Waals surface area contributed by atoms with E-state index in [0.717, 1.165) is 25.7 Å². The van der Waals surface area contributed by atoms with Gasteiger partial charge >= 0.3 is 5.97 Å². The summed E-state index contributed by atoms with van der Waals surface area (Å²) in [6.45, 7) is 0. The molecule has 0 saturated heterocycles. The predicted molar refractivity (Wildman–Crippen MR) is 72.9 cm³/mol. The van der Waals surface area contributed by atoms with Crippen LogP contribution < -0.4 is 9.47 Å². The van der Waals surface area contributed by atoms with E-state index < -0.39 is 11.8 Å². The summed E-state index contributed by atoms with van der Waals surface area (Å²) in [5.41, 5.74) is -0.148. The molecular weight excluding hydrogens is 284 g/mol. The number of aliphatic carboxylic acids is 1. The van der Waals surface area contributed by atoms with Gasteiger partial charge in [0.05, 0.1) is 23.8 Å². The van der Waals surface area contributed by atoms with Crippen LogP contribution in [0, 0.1) is 0 Å². The van der Waals surface area contributed by atoms with Gasteiger partial charge in [0.25, 0.3) is 5.78 Å². The Morgan fingerprint density at radius 3 is 2.50 bits per heavy atom. The molecule has 0 atom stereocenters. The summed E-state index contributed by atoms with van der Waals surface area (Å²) in [4.78, 5) is 22.7. The van der Waals surface area contributed by atoms with Crippen molar-refractivity contribution in [2.45, 2.75) is 31.8 Å². The predicted octanol–water partition coefficient (Wildman–Crippen LogP) is 2.94. The zero-order valence-corrected chi connectivity index (χ0v) is 11.8.